The van der Waals surface area contributed by atoms with E-state index in [1.165, 1.54) is 64.2 Å². The fourth-order valence-electron chi connectivity index (χ4n) is 3.55. The van der Waals surface area contributed by atoms with Crippen LogP contribution in [0.3, 0.4) is 0 Å². The molecule has 1 rings (SSSR count). The molecule has 0 spiro atoms. The summed E-state index contributed by atoms with van der Waals surface area (Å²) in [6, 6.07) is 0. The molecule has 0 radical (unpaired) electrons. The lowest BCUT2D eigenvalue weighted by molar-refractivity contribution is -0.0811. The Kier molecular flexibility index (Phi) is 15.9. The van der Waals surface area contributed by atoms with Crippen LogP contribution in [-0.2, 0) is 9.47 Å². The number of ether oxygens (including phenoxy) is 2. The first kappa shape index (κ1) is 25.6. The third kappa shape index (κ3) is 12.2. The lowest BCUT2D eigenvalue weighted by Gasteiger charge is -2.20. The van der Waals surface area contributed by atoms with Crippen LogP contribution in [0.25, 0.3) is 0 Å². The van der Waals surface area contributed by atoms with Gasteiger partial charge in [-0.1, -0.05) is 76.9 Å². The molecular weight excluding hydrogens is 356 g/mol. The second-order valence-corrected chi connectivity index (χ2v) is 8.08. The lowest BCUT2D eigenvalue weighted by atomic mass is 10.1. The second-order valence-electron chi connectivity index (χ2n) is 8.08. The van der Waals surface area contributed by atoms with E-state index in [0.29, 0.717) is 6.61 Å². The highest BCUT2D eigenvalue weighted by Crippen LogP contribution is 2.18. The number of allylic oxidation sites excluding steroid dienone is 2. The normalized spacial score (nSPS) is 23.6. The number of unbranched alkanes of at least 4 members (excludes halogenated alkanes) is 11. The van der Waals surface area contributed by atoms with Gasteiger partial charge >= 0.3 is 0 Å². The SMILES string of the molecule is CCCCCCCCCCCC/C=C/CCCOC[C@@H](O)[C@H]1OC[C@H](O)[C@H]1O. The average molecular weight is 401 g/mol. The maximum absolute atomic E-state index is 9.93. The van der Waals surface area contributed by atoms with Gasteiger partial charge in [-0.2, -0.15) is 0 Å². The van der Waals surface area contributed by atoms with Crippen LogP contribution >= 0.6 is 0 Å². The number of aliphatic hydroxyl groups is 3. The molecule has 0 bridgehead atoms. The minimum absolute atomic E-state index is 0.0622. The van der Waals surface area contributed by atoms with Gasteiger partial charge in [0.1, 0.15) is 24.4 Å². The van der Waals surface area contributed by atoms with Crippen molar-refractivity contribution in [2.24, 2.45) is 0 Å². The molecule has 3 N–H and O–H groups in total. The van der Waals surface area contributed by atoms with E-state index in [1.54, 1.807) is 0 Å². The first-order valence-corrected chi connectivity index (χ1v) is 11.5. The molecule has 0 aliphatic carbocycles. The minimum atomic E-state index is -1.03. The van der Waals surface area contributed by atoms with E-state index in [1.807, 2.05) is 0 Å². The molecule has 166 valence electrons. The summed E-state index contributed by atoms with van der Waals surface area (Å²) >= 11 is 0. The Hall–Kier alpha value is -0.460. The van der Waals surface area contributed by atoms with Crippen molar-refractivity contribution >= 4 is 0 Å². The van der Waals surface area contributed by atoms with Gasteiger partial charge in [-0.25, -0.2) is 0 Å². The molecule has 5 heteroatoms. The first-order valence-electron chi connectivity index (χ1n) is 11.5. The number of hydrogen-bond donors (Lipinski definition) is 3. The number of rotatable bonds is 18. The summed E-state index contributed by atoms with van der Waals surface area (Å²) in [5.74, 6) is 0. The fourth-order valence-corrected chi connectivity index (χ4v) is 3.55. The fraction of sp³-hybridized carbons (Fsp3) is 0.913. The van der Waals surface area contributed by atoms with E-state index in [-0.39, 0.29) is 13.2 Å². The molecule has 1 heterocycles. The molecule has 0 aromatic carbocycles. The molecule has 1 aliphatic heterocycles. The van der Waals surface area contributed by atoms with E-state index in [9.17, 15) is 15.3 Å². The summed E-state index contributed by atoms with van der Waals surface area (Å²) in [5.41, 5.74) is 0. The lowest BCUT2D eigenvalue weighted by Crippen LogP contribution is -2.40. The molecule has 1 aliphatic rings. The predicted molar refractivity (Wildman–Crippen MR) is 113 cm³/mol. The van der Waals surface area contributed by atoms with Crippen molar-refractivity contribution in [1.29, 1.82) is 0 Å². The van der Waals surface area contributed by atoms with Gasteiger partial charge in [0.15, 0.2) is 0 Å². The van der Waals surface area contributed by atoms with Crippen molar-refractivity contribution in [3.8, 4) is 0 Å². The van der Waals surface area contributed by atoms with Crippen molar-refractivity contribution in [3.63, 3.8) is 0 Å². The molecule has 1 saturated heterocycles. The summed E-state index contributed by atoms with van der Waals surface area (Å²) in [7, 11) is 0. The minimum Gasteiger partial charge on any atom is -0.388 e. The van der Waals surface area contributed by atoms with Gasteiger partial charge in [0.05, 0.1) is 13.2 Å². The zero-order chi connectivity index (χ0) is 20.5. The molecule has 0 aromatic rings. The van der Waals surface area contributed by atoms with E-state index < -0.39 is 24.4 Å². The van der Waals surface area contributed by atoms with Crippen molar-refractivity contribution in [2.75, 3.05) is 19.8 Å². The summed E-state index contributed by atoms with van der Waals surface area (Å²) in [6.07, 6.45) is 17.7. The highest BCUT2D eigenvalue weighted by atomic mass is 16.5. The summed E-state index contributed by atoms with van der Waals surface area (Å²) in [4.78, 5) is 0. The Labute approximate surface area is 172 Å². The topological polar surface area (TPSA) is 79.2 Å². The second kappa shape index (κ2) is 17.4. The van der Waals surface area contributed by atoms with Crippen molar-refractivity contribution < 1.29 is 24.8 Å². The maximum atomic E-state index is 9.93. The third-order valence-corrected chi connectivity index (χ3v) is 5.41. The van der Waals surface area contributed by atoms with Crippen LogP contribution in [0.2, 0.25) is 0 Å². The Bertz CT molecular complexity index is 374. The van der Waals surface area contributed by atoms with Crippen LogP contribution < -0.4 is 0 Å². The molecule has 0 saturated carbocycles. The molecule has 0 aromatic heterocycles. The van der Waals surface area contributed by atoms with Crippen LogP contribution in [0.5, 0.6) is 0 Å². The zero-order valence-corrected chi connectivity index (χ0v) is 17.9. The Morgan fingerprint density at radius 2 is 1.46 bits per heavy atom. The predicted octanol–water partition coefficient (Wildman–Crippen LogP) is 4.13. The monoisotopic (exact) mass is 400 g/mol. The van der Waals surface area contributed by atoms with Gasteiger partial charge in [0.2, 0.25) is 0 Å². The number of hydrogen-bond acceptors (Lipinski definition) is 5. The molecule has 4 atom stereocenters. The molecule has 28 heavy (non-hydrogen) atoms. The van der Waals surface area contributed by atoms with Gasteiger partial charge in [-0.3, -0.25) is 0 Å². The highest BCUT2D eigenvalue weighted by Gasteiger charge is 2.39. The van der Waals surface area contributed by atoms with Gasteiger partial charge in [-0.15, -0.1) is 0 Å². The summed E-state index contributed by atoms with van der Waals surface area (Å²) in [6.45, 7) is 3.02. The number of aliphatic hydroxyl groups excluding tert-OH is 3. The van der Waals surface area contributed by atoms with Gasteiger partial charge in [0.25, 0.3) is 0 Å². The van der Waals surface area contributed by atoms with Crippen LogP contribution in [-0.4, -0.2) is 59.6 Å². The van der Waals surface area contributed by atoms with E-state index in [0.717, 1.165) is 19.3 Å². The van der Waals surface area contributed by atoms with Crippen LogP contribution in [0.15, 0.2) is 12.2 Å². The van der Waals surface area contributed by atoms with Gasteiger partial charge in [-0.05, 0) is 25.7 Å². The maximum Gasteiger partial charge on any atom is 0.114 e. The smallest absolute Gasteiger partial charge is 0.114 e. The van der Waals surface area contributed by atoms with Gasteiger partial charge < -0.3 is 24.8 Å². The Morgan fingerprint density at radius 1 is 0.893 bits per heavy atom. The van der Waals surface area contributed by atoms with Gasteiger partial charge in [0, 0.05) is 6.61 Å². The average Bonchev–Trinajstić information content (AvgIpc) is 3.03. The Morgan fingerprint density at radius 3 is 2.04 bits per heavy atom. The summed E-state index contributed by atoms with van der Waals surface area (Å²) in [5, 5.41) is 29.0. The van der Waals surface area contributed by atoms with E-state index in [2.05, 4.69) is 19.1 Å². The molecule has 5 nitrogen and oxygen atoms in total. The summed E-state index contributed by atoms with van der Waals surface area (Å²) < 4.78 is 10.6. The van der Waals surface area contributed by atoms with E-state index in [4.69, 9.17) is 9.47 Å². The first-order chi connectivity index (χ1) is 13.7. The van der Waals surface area contributed by atoms with Crippen molar-refractivity contribution in [3.05, 3.63) is 12.2 Å². The largest absolute Gasteiger partial charge is 0.388 e. The van der Waals surface area contributed by atoms with Crippen molar-refractivity contribution in [2.45, 2.75) is 115 Å². The van der Waals surface area contributed by atoms with Crippen LogP contribution in [0.4, 0.5) is 0 Å². The molecule has 0 unspecified atom stereocenters. The molecule has 1 fully saturated rings. The highest BCUT2D eigenvalue weighted by molar-refractivity contribution is 4.87. The standard InChI is InChI=1S/C23H44O5/c1-2-3-4-5-6-7-8-9-10-11-12-13-14-15-16-17-27-18-21(25)23-22(26)20(24)19-28-23/h13-14,20-26H,2-12,15-19H2,1H3/b14-13+/t20-,21+,22+,23+/m0/s1. The third-order valence-electron chi connectivity index (χ3n) is 5.41. The molecular formula is C23H44O5. The Balaban J connectivity index is 1.81. The zero-order valence-electron chi connectivity index (χ0n) is 17.9. The van der Waals surface area contributed by atoms with E-state index >= 15 is 0 Å². The molecule has 0 amide bonds. The quantitative estimate of drug-likeness (QED) is 0.238. The van der Waals surface area contributed by atoms with Crippen LogP contribution in [0, 0.1) is 0 Å². The van der Waals surface area contributed by atoms with Crippen LogP contribution in [0.1, 0.15) is 90.4 Å². The van der Waals surface area contributed by atoms with Crippen molar-refractivity contribution in [1.82, 2.24) is 0 Å².